The first-order chi connectivity index (χ1) is 8.89. The van der Waals surface area contributed by atoms with Crippen LogP contribution in [0.5, 0.6) is 0 Å². The lowest BCUT2D eigenvalue weighted by Crippen LogP contribution is -2.50. The van der Waals surface area contributed by atoms with Crippen LogP contribution in [0, 0.1) is 11.3 Å². The minimum Gasteiger partial charge on any atom is -0.313 e. The predicted octanol–water partition coefficient (Wildman–Crippen LogP) is 3.66. The average Bonchev–Trinajstić information content (AvgIpc) is 2.60. The summed E-state index contributed by atoms with van der Waals surface area (Å²) in [5.41, 5.74) is 0.539. The molecule has 0 bridgehead atoms. The molecular weight excluding hydrogens is 232 g/mol. The number of nitrogens with one attached hydrogen (secondary N) is 1. The average molecular weight is 266 g/mol. The number of piperidine rings is 1. The van der Waals surface area contributed by atoms with Gasteiger partial charge in [-0.15, -0.1) is 0 Å². The lowest BCUT2D eigenvalue weighted by atomic mass is 9.91. The number of hydrogen-bond acceptors (Lipinski definition) is 2. The van der Waals surface area contributed by atoms with Gasteiger partial charge in [0, 0.05) is 24.7 Å². The first kappa shape index (κ1) is 15.3. The van der Waals surface area contributed by atoms with Crippen LogP contribution < -0.4 is 5.32 Å². The fraction of sp³-hybridized carbons (Fsp3) is 1.00. The zero-order chi connectivity index (χ0) is 14.0. The first-order valence-electron chi connectivity index (χ1n) is 8.38. The molecule has 0 aromatic carbocycles. The minimum absolute atomic E-state index is 0.539. The monoisotopic (exact) mass is 266 g/mol. The van der Waals surface area contributed by atoms with E-state index in [0.29, 0.717) is 11.5 Å². The van der Waals surface area contributed by atoms with Crippen molar-refractivity contribution in [1.82, 2.24) is 10.2 Å². The Kier molecular flexibility index (Phi) is 4.94. The third-order valence-corrected chi connectivity index (χ3v) is 5.23. The van der Waals surface area contributed by atoms with Gasteiger partial charge in [0.2, 0.25) is 0 Å². The van der Waals surface area contributed by atoms with Crippen LogP contribution in [-0.4, -0.2) is 36.1 Å². The standard InChI is InChI=1S/C17H34N2/c1-13(2)19(12-15-8-6-7-9-18-15)16-11-17(4,5)10-14(16)3/h13-16,18H,6-12H2,1-5H3. The molecule has 0 amide bonds. The molecule has 1 saturated carbocycles. The molecule has 1 N–H and O–H groups in total. The van der Waals surface area contributed by atoms with Crippen LogP contribution in [0.15, 0.2) is 0 Å². The van der Waals surface area contributed by atoms with E-state index in [4.69, 9.17) is 0 Å². The summed E-state index contributed by atoms with van der Waals surface area (Å²) in [6, 6.07) is 2.19. The van der Waals surface area contributed by atoms with Gasteiger partial charge in [0.1, 0.15) is 0 Å². The molecule has 2 aliphatic rings. The van der Waals surface area contributed by atoms with E-state index in [1.165, 1.54) is 45.2 Å². The highest BCUT2D eigenvalue weighted by molar-refractivity contribution is 4.94. The van der Waals surface area contributed by atoms with Crippen molar-refractivity contribution in [2.24, 2.45) is 11.3 Å². The SMILES string of the molecule is CC1CC(C)(C)CC1N(CC1CCCCN1)C(C)C. The molecule has 1 saturated heterocycles. The molecule has 3 atom stereocenters. The van der Waals surface area contributed by atoms with Crippen LogP contribution in [0.1, 0.15) is 66.7 Å². The van der Waals surface area contributed by atoms with E-state index in [9.17, 15) is 0 Å². The van der Waals surface area contributed by atoms with E-state index >= 15 is 0 Å². The van der Waals surface area contributed by atoms with Gasteiger partial charge < -0.3 is 5.32 Å². The Bertz CT molecular complexity index is 279. The van der Waals surface area contributed by atoms with E-state index < -0.39 is 0 Å². The molecule has 1 heterocycles. The Labute approximate surface area is 120 Å². The van der Waals surface area contributed by atoms with E-state index in [1.807, 2.05) is 0 Å². The number of rotatable bonds is 4. The molecule has 2 fully saturated rings. The van der Waals surface area contributed by atoms with E-state index in [1.54, 1.807) is 0 Å². The van der Waals surface area contributed by atoms with Crippen LogP contribution in [0.4, 0.5) is 0 Å². The lowest BCUT2D eigenvalue weighted by Gasteiger charge is -2.39. The van der Waals surface area contributed by atoms with E-state index in [0.717, 1.165) is 18.0 Å². The Hall–Kier alpha value is -0.0800. The van der Waals surface area contributed by atoms with E-state index in [2.05, 4.69) is 44.8 Å². The van der Waals surface area contributed by atoms with Gasteiger partial charge in [-0.2, -0.15) is 0 Å². The second-order valence-electron chi connectivity index (χ2n) is 8.05. The zero-order valence-electron chi connectivity index (χ0n) is 13.7. The van der Waals surface area contributed by atoms with Crippen molar-refractivity contribution in [2.75, 3.05) is 13.1 Å². The summed E-state index contributed by atoms with van der Waals surface area (Å²) in [5.74, 6) is 0.848. The van der Waals surface area contributed by atoms with Crippen molar-refractivity contribution in [1.29, 1.82) is 0 Å². The quantitative estimate of drug-likeness (QED) is 0.835. The van der Waals surface area contributed by atoms with Gasteiger partial charge in [-0.1, -0.05) is 27.2 Å². The molecule has 19 heavy (non-hydrogen) atoms. The Balaban J connectivity index is 1.99. The van der Waals surface area contributed by atoms with Crippen LogP contribution >= 0.6 is 0 Å². The molecule has 3 unspecified atom stereocenters. The largest absolute Gasteiger partial charge is 0.313 e. The maximum atomic E-state index is 3.72. The summed E-state index contributed by atoms with van der Waals surface area (Å²) in [4.78, 5) is 2.79. The summed E-state index contributed by atoms with van der Waals surface area (Å²) < 4.78 is 0. The molecule has 0 radical (unpaired) electrons. The number of hydrogen-bond donors (Lipinski definition) is 1. The second-order valence-corrected chi connectivity index (χ2v) is 8.05. The summed E-state index contributed by atoms with van der Waals surface area (Å²) >= 11 is 0. The van der Waals surface area contributed by atoms with Gasteiger partial charge in [-0.05, 0) is 57.4 Å². The molecular formula is C17H34N2. The third kappa shape index (κ3) is 3.95. The summed E-state index contributed by atoms with van der Waals surface area (Å²) in [6.45, 7) is 14.6. The van der Waals surface area contributed by atoms with Crippen molar-refractivity contribution >= 4 is 0 Å². The lowest BCUT2D eigenvalue weighted by molar-refractivity contribution is 0.104. The molecule has 0 spiro atoms. The van der Waals surface area contributed by atoms with E-state index in [-0.39, 0.29) is 0 Å². The zero-order valence-corrected chi connectivity index (χ0v) is 13.7. The molecule has 0 aromatic heterocycles. The third-order valence-electron chi connectivity index (χ3n) is 5.23. The van der Waals surface area contributed by atoms with Crippen LogP contribution in [0.25, 0.3) is 0 Å². The Morgan fingerprint density at radius 1 is 1.21 bits per heavy atom. The van der Waals surface area contributed by atoms with Gasteiger partial charge in [0.25, 0.3) is 0 Å². The van der Waals surface area contributed by atoms with Crippen molar-refractivity contribution in [3.8, 4) is 0 Å². The second kappa shape index (κ2) is 6.13. The molecule has 1 aliphatic heterocycles. The molecule has 1 aliphatic carbocycles. The van der Waals surface area contributed by atoms with Gasteiger partial charge in [0.15, 0.2) is 0 Å². The van der Waals surface area contributed by atoms with Crippen LogP contribution in [-0.2, 0) is 0 Å². The molecule has 112 valence electrons. The first-order valence-corrected chi connectivity index (χ1v) is 8.38. The predicted molar refractivity (Wildman–Crippen MR) is 83.5 cm³/mol. The highest BCUT2D eigenvalue weighted by Crippen LogP contribution is 2.43. The van der Waals surface area contributed by atoms with Crippen molar-refractivity contribution in [2.45, 2.75) is 84.8 Å². The fourth-order valence-electron chi connectivity index (χ4n) is 4.37. The fourth-order valence-corrected chi connectivity index (χ4v) is 4.37. The molecule has 2 heteroatoms. The highest BCUT2D eigenvalue weighted by atomic mass is 15.2. The van der Waals surface area contributed by atoms with Gasteiger partial charge >= 0.3 is 0 Å². The van der Waals surface area contributed by atoms with Crippen LogP contribution in [0.2, 0.25) is 0 Å². The summed E-state index contributed by atoms with van der Waals surface area (Å²) in [5, 5.41) is 3.72. The van der Waals surface area contributed by atoms with Crippen molar-refractivity contribution in [3.63, 3.8) is 0 Å². The Morgan fingerprint density at radius 3 is 2.42 bits per heavy atom. The summed E-state index contributed by atoms with van der Waals surface area (Å²) in [6.07, 6.45) is 6.91. The number of nitrogens with zero attached hydrogens (tertiary/aromatic N) is 1. The van der Waals surface area contributed by atoms with Gasteiger partial charge in [-0.25, -0.2) is 0 Å². The maximum absolute atomic E-state index is 3.72. The Morgan fingerprint density at radius 2 is 1.95 bits per heavy atom. The minimum atomic E-state index is 0.539. The molecule has 0 aromatic rings. The maximum Gasteiger partial charge on any atom is 0.0195 e. The van der Waals surface area contributed by atoms with Gasteiger partial charge in [0.05, 0.1) is 0 Å². The van der Waals surface area contributed by atoms with Crippen molar-refractivity contribution < 1.29 is 0 Å². The summed E-state index contributed by atoms with van der Waals surface area (Å²) in [7, 11) is 0. The van der Waals surface area contributed by atoms with Gasteiger partial charge in [-0.3, -0.25) is 4.90 Å². The molecule has 2 rings (SSSR count). The molecule has 2 nitrogen and oxygen atoms in total. The topological polar surface area (TPSA) is 15.3 Å². The van der Waals surface area contributed by atoms with Crippen LogP contribution in [0.3, 0.4) is 0 Å². The highest BCUT2D eigenvalue weighted by Gasteiger charge is 2.40. The smallest absolute Gasteiger partial charge is 0.0195 e. The van der Waals surface area contributed by atoms with Crippen molar-refractivity contribution in [3.05, 3.63) is 0 Å². The normalized spacial score (nSPS) is 35.2.